The van der Waals surface area contributed by atoms with Crippen LogP contribution in [0.15, 0.2) is 54.3 Å². The van der Waals surface area contributed by atoms with Gasteiger partial charge in [0.2, 0.25) is 6.29 Å². The van der Waals surface area contributed by atoms with Crippen molar-refractivity contribution in [3.63, 3.8) is 0 Å². The molecule has 2 aromatic rings. The van der Waals surface area contributed by atoms with E-state index in [0.29, 0.717) is 18.8 Å². The highest BCUT2D eigenvalue weighted by Crippen LogP contribution is 2.43. The molecule has 5 rings (SSSR count). The zero-order valence-corrected chi connectivity index (χ0v) is 17.9. The summed E-state index contributed by atoms with van der Waals surface area (Å²) >= 11 is 0. The van der Waals surface area contributed by atoms with E-state index >= 15 is 0 Å². The Morgan fingerprint density at radius 1 is 1.16 bits per heavy atom. The second kappa shape index (κ2) is 8.48. The molecule has 0 radical (unpaired) electrons. The molecule has 31 heavy (non-hydrogen) atoms. The van der Waals surface area contributed by atoms with E-state index in [1.54, 1.807) is 4.90 Å². The van der Waals surface area contributed by atoms with Gasteiger partial charge in [0.15, 0.2) is 5.76 Å². The number of rotatable bonds is 7. The topological polar surface area (TPSA) is 58.8 Å². The maximum Gasteiger partial charge on any atom is 0.288 e. The van der Waals surface area contributed by atoms with Crippen molar-refractivity contribution >= 4 is 5.91 Å². The summed E-state index contributed by atoms with van der Waals surface area (Å²) in [5.41, 5.74) is 6.47. The van der Waals surface area contributed by atoms with Gasteiger partial charge in [0.1, 0.15) is 0 Å². The second-order valence-corrected chi connectivity index (χ2v) is 8.57. The molecule has 2 heterocycles. The molecular formula is C26H29NO4. The van der Waals surface area contributed by atoms with Gasteiger partial charge in [-0.25, -0.2) is 0 Å². The smallest absolute Gasteiger partial charge is 0.288 e. The molecule has 1 fully saturated rings. The number of nitrogens with zero attached hydrogens (tertiary/aromatic N) is 1. The first-order valence-electron chi connectivity index (χ1n) is 11.3. The third kappa shape index (κ3) is 3.88. The normalized spacial score (nSPS) is 23.6. The predicted octanol–water partition coefficient (Wildman–Crippen LogP) is 3.85. The molecule has 1 amide bonds. The van der Waals surface area contributed by atoms with Crippen LogP contribution in [0.2, 0.25) is 0 Å². The average Bonchev–Trinajstić information content (AvgIpc) is 3.57. The molecule has 5 nitrogen and oxygen atoms in total. The van der Waals surface area contributed by atoms with Crippen LogP contribution in [0.25, 0.3) is 11.1 Å². The average molecular weight is 420 g/mol. The van der Waals surface area contributed by atoms with Crippen molar-refractivity contribution in [2.75, 3.05) is 26.3 Å². The Labute approximate surface area is 183 Å². The first-order chi connectivity index (χ1) is 15.2. The van der Waals surface area contributed by atoms with Crippen molar-refractivity contribution in [3.05, 3.63) is 71.0 Å². The Balaban J connectivity index is 1.52. The van der Waals surface area contributed by atoms with Gasteiger partial charge in [-0.3, -0.25) is 4.79 Å². The van der Waals surface area contributed by atoms with Crippen LogP contribution in [0, 0.1) is 5.92 Å². The van der Waals surface area contributed by atoms with Crippen molar-refractivity contribution in [3.8, 4) is 11.1 Å². The Kier molecular flexibility index (Phi) is 5.55. The summed E-state index contributed by atoms with van der Waals surface area (Å²) in [7, 11) is 0. The number of benzene rings is 2. The molecule has 1 aliphatic carbocycles. The van der Waals surface area contributed by atoms with E-state index in [-0.39, 0.29) is 24.3 Å². The Bertz CT molecular complexity index is 1010. The van der Waals surface area contributed by atoms with Crippen LogP contribution >= 0.6 is 0 Å². The summed E-state index contributed by atoms with van der Waals surface area (Å²) in [5, 5.41) is 9.46. The number of allylic oxidation sites excluding steroid dienone is 1. The van der Waals surface area contributed by atoms with Gasteiger partial charge in [0.25, 0.3) is 5.91 Å². The molecule has 0 aromatic heterocycles. The minimum absolute atomic E-state index is 0.00441. The van der Waals surface area contributed by atoms with Crippen LogP contribution in [-0.2, 0) is 20.7 Å². The van der Waals surface area contributed by atoms with Crippen LogP contribution in [0.4, 0.5) is 0 Å². The molecule has 162 valence electrons. The molecule has 2 aliphatic heterocycles. The summed E-state index contributed by atoms with van der Waals surface area (Å²) in [6.07, 6.45) is 3.87. The molecule has 0 unspecified atom stereocenters. The SMILES string of the molecule is CCO[C@@H]1OC(C(=O)N2CC2)=C[C@H](c2ccc3c(c2)Cc2ccccc2-3)[C@@H]1CCCO. The van der Waals surface area contributed by atoms with Crippen molar-refractivity contribution in [2.45, 2.75) is 38.4 Å². The maximum atomic E-state index is 12.8. The molecule has 0 bridgehead atoms. The molecule has 0 saturated carbocycles. The highest BCUT2D eigenvalue weighted by atomic mass is 16.7. The molecular weight excluding hydrogens is 390 g/mol. The lowest BCUT2D eigenvalue weighted by molar-refractivity contribution is -0.168. The monoisotopic (exact) mass is 419 g/mol. The van der Waals surface area contributed by atoms with Gasteiger partial charge < -0.3 is 19.5 Å². The van der Waals surface area contributed by atoms with E-state index in [1.165, 1.54) is 27.8 Å². The summed E-state index contributed by atoms with van der Waals surface area (Å²) in [4.78, 5) is 14.6. The number of carbonyl (C=O) groups is 1. The van der Waals surface area contributed by atoms with Crippen molar-refractivity contribution < 1.29 is 19.4 Å². The Morgan fingerprint density at radius 3 is 2.74 bits per heavy atom. The zero-order chi connectivity index (χ0) is 21.4. The van der Waals surface area contributed by atoms with Gasteiger partial charge in [0, 0.05) is 38.1 Å². The summed E-state index contributed by atoms with van der Waals surface area (Å²) in [6.45, 7) is 4.16. The van der Waals surface area contributed by atoms with Crippen LogP contribution in [0.1, 0.15) is 42.4 Å². The number of hydrogen-bond acceptors (Lipinski definition) is 4. The van der Waals surface area contributed by atoms with Crippen molar-refractivity contribution in [2.24, 2.45) is 5.92 Å². The fourth-order valence-electron chi connectivity index (χ4n) is 4.92. The predicted molar refractivity (Wildman–Crippen MR) is 118 cm³/mol. The quantitative estimate of drug-likeness (QED) is 0.591. The van der Waals surface area contributed by atoms with Gasteiger partial charge in [0.05, 0.1) is 0 Å². The van der Waals surface area contributed by atoms with Crippen LogP contribution in [0.5, 0.6) is 0 Å². The van der Waals surface area contributed by atoms with Gasteiger partial charge >= 0.3 is 0 Å². The van der Waals surface area contributed by atoms with E-state index in [9.17, 15) is 9.90 Å². The molecule has 2 aromatic carbocycles. The van der Waals surface area contributed by atoms with E-state index in [4.69, 9.17) is 9.47 Å². The molecule has 3 atom stereocenters. The fourth-order valence-corrected chi connectivity index (χ4v) is 4.92. The van der Waals surface area contributed by atoms with E-state index in [0.717, 1.165) is 25.9 Å². The number of aliphatic hydroxyl groups is 1. The number of fused-ring (bicyclic) bond motifs is 3. The molecule has 1 saturated heterocycles. The van der Waals surface area contributed by atoms with Gasteiger partial charge in [-0.2, -0.15) is 0 Å². The Morgan fingerprint density at radius 2 is 1.97 bits per heavy atom. The number of amides is 1. The summed E-state index contributed by atoms with van der Waals surface area (Å²) < 4.78 is 12.0. The highest BCUT2D eigenvalue weighted by Gasteiger charge is 2.40. The Hall–Kier alpha value is -2.63. The van der Waals surface area contributed by atoms with E-state index in [2.05, 4.69) is 42.5 Å². The highest BCUT2D eigenvalue weighted by molar-refractivity contribution is 5.93. The van der Waals surface area contributed by atoms with Crippen LogP contribution < -0.4 is 0 Å². The summed E-state index contributed by atoms with van der Waals surface area (Å²) in [5.74, 6) is 0.387. The second-order valence-electron chi connectivity index (χ2n) is 8.57. The largest absolute Gasteiger partial charge is 0.459 e. The number of aliphatic hydroxyl groups excluding tert-OH is 1. The minimum Gasteiger partial charge on any atom is -0.459 e. The lowest BCUT2D eigenvalue weighted by Gasteiger charge is -2.37. The first-order valence-corrected chi connectivity index (χ1v) is 11.3. The van der Waals surface area contributed by atoms with Gasteiger partial charge in [-0.15, -0.1) is 0 Å². The third-order valence-corrected chi connectivity index (χ3v) is 6.56. The lowest BCUT2D eigenvalue weighted by Crippen LogP contribution is -2.37. The first kappa shape index (κ1) is 20.3. The number of carbonyl (C=O) groups excluding carboxylic acids is 1. The fraction of sp³-hybridized carbons (Fsp3) is 0.423. The van der Waals surface area contributed by atoms with Gasteiger partial charge in [-0.1, -0.05) is 42.5 Å². The molecule has 0 spiro atoms. The standard InChI is InChI=1S/C26H29NO4/c1-2-30-26-22(8-5-13-28)23(16-24(31-26)25(29)27-11-12-27)18-9-10-21-19(15-18)14-17-6-3-4-7-20(17)21/h3-4,6-7,9-10,15-16,22-23,26,28H,2,5,8,11-14H2,1H3/t22-,23+,26+/m0/s1. The maximum absolute atomic E-state index is 12.8. The summed E-state index contributed by atoms with van der Waals surface area (Å²) in [6, 6.07) is 15.2. The molecule has 3 aliphatic rings. The molecule has 1 N–H and O–H groups in total. The third-order valence-electron chi connectivity index (χ3n) is 6.56. The van der Waals surface area contributed by atoms with Crippen LogP contribution in [0.3, 0.4) is 0 Å². The minimum atomic E-state index is -0.490. The lowest BCUT2D eigenvalue weighted by atomic mass is 9.80. The number of hydrogen-bond donors (Lipinski definition) is 1. The molecule has 5 heteroatoms. The van der Waals surface area contributed by atoms with Gasteiger partial charge in [-0.05, 0) is 60.1 Å². The van der Waals surface area contributed by atoms with Crippen LogP contribution in [-0.4, -0.2) is 48.5 Å². The van der Waals surface area contributed by atoms with E-state index < -0.39 is 6.29 Å². The zero-order valence-electron chi connectivity index (χ0n) is 17.9. The van der Waals surface area contributed by atoms with Crippen molar-refractivity contribution in [1.82, 2.24) is 4.90 Å². The number of ether oxygens (including phenoxy) is 2. The van der Waals surface area contributed by atoms with E-state index in [1.807, 2.05) is 13.0 Å². The van der Waals surface area contributed by atoms with Crippen molar-refractivity contribution in [1.29, 1.82) is 0 Å².